The molecule has 0 unspecified atom stereocenters. The number of carbonyl (C=O) groups excluding carboxylic acids is 2. The Kier molecular flexibility index (Phi) is 7.65. The van der Waals surface area contributed by atoms with Gasteiger partial charge in [-0.15, -0.1) is 0 Å². The predicted molar refractivity (Wildman–Crippen MR) is 119 cm³/mol. The van der Waals surface area contributed by atoms with Crippen LogP contribution in [0.25, 0.3) is 0 Å². The molecular formula is C22H25F2N3O5S. The van der Waals surface area contributed by atoms with Gasteiger partial charge in [0.2, 0.25) is 10.0 Å². The Morgan fingerprint density at radius 2 is 1.76 bits per heavy atom. The van der Waals surface area contributed by atoms with E-state index >= 15 is 0 Å². The van der Waals surface area contributed by atoms with Crippen molar-refractivity contribution in [3.63, 3.8) is 0 Å². The van der Waals surface area contributed by atoms with Crippen LogP contribution in [0.15, 0.2) is 41.3 Å². The van der Waals surface area contributed by atoms with Gasteiger partial charge < -0.3 is 15.0 Å². The third-order valence-corrected chi connectivity index (χ3v) is 7.01. The van der Waals surface area contributed by atoms with Crippen LogP contribution in [0.2, 0.25) is 0 Å². The molecule has 0 aromatic heterocycles. The van der Waals surface area contributed by atoms with E-state index < -0.39 is 40.1 Å². The summed E-state index contributed by atoms with van der Waals surface area (Å²) in [5.41, 5.74) is 0.272. The molecule has 1 aliphatic heterocycles. The molecule has 0 saturated carbocycles. The van der Waals surface area contributed by atoms with E-state index in [-0.39, 0.29) is 16.1 Å². The Morgan fingerprint density at radius 1 is 1.06 bits per heavy atom. The van der Waals surface area contributed by atoms with Gasteiger partial charge in [0.1, 0.15) is 11.6 Å². The molecule has 33 heavy (non-hydrogen) atoms. The van der Waals surface area contributed by atoms with Gasteiger partial charge in [0.05, 0.1) is 21.8 Å². The lowest BCUT2D eigenvalue weighted by Crippen LogP contribution is -2.31. The van der Waals surface area contributed by atoms with Crippen molar-refractivity contribution in [3.05, 3.63) is 53.6 Å². The summed E-state index contributed by atoms with van der Waals surface area (Å²) in [6.07, 6.45) is 2.92. The Bertz CT molecular complexity index is 1150. The highest BCUT2D eigenvalue weighted by Gasteiger charge is 2.25. The van der Waals surface area contributed by atoms with Crippen LogP contribution in [-0.4, -0.2) is 58.4 Å². The number of rotatable bonds is 7. The van der Waals surface area contributed by atoms with Crippen LogP contribution in [0.3, 0.4) is 0 Å². The maximum atomic E-state index is 13.7. The van der Waals surface area contributed by atoms with Gasteiger partial charge in [0.25, 0.3) is 5.91 Å². The lowest BCUT2D eigenvalue weighted by Gasteiger charge is -2.30. The van der Waals surface area contributed by atoms with Crippen LogP contribution >= 0.6 is 0 Å². The molecule has 2 aromatic rings. The number of hydrogen-bond donors (Lipinski definition) is 1. The number of carbonyl (C=O) groups is 2. The van der Waals surface area contributed by atoms with E-state index in [1.165, 1.54) is 26.2 Å². The van der Waals surface area contributed by atoms with Crippen molar-refractivity contribution >= 4 is 33.3 Å². The summed E-state index contributed by atoms with van der Waals surface area (Å²) in [6, 6.07) is 6.87. The Hall–Kier alpha value is -3.05. The summed E-state index contributed by atoms with van der Waals surface area (Å²) in [5, 5.41) is 2.20. The second-order valence-corrected chi connectivity index (χ2v) is 9.91. The summed E-state index contributed by atoms with van der Waals surface area (Å²) >= 11 is 0. The Morgan fingerprint density at radius 3 is 2.39 bits per heavy atom. The van der Waals surface area contributed by atoms with Crippen molar-refractivity contribution in [3.8, 4) is 0 Å². The van der Waals surface area contributed by atoms with Crippen LogP contribution in [0.1, 0.15) is 29.6 Å². The largest absolute Gasteiger partial charge is 0.452 e. The molecule has 178 valence electrons. The van der Waals surface area contributed by atoms with Crippen LogP contribution < -0.4 is 10.2 Å². The highest BCUT2D eigenvalue weighted by molar-refractivity contribution is 7.89. The topological polar surface area (TPSA) is 96.0 Å². The number of nitrogens with one attached hydrogen (secondary N) is 1. The van der Waals surface area contributed by atoms with Gasteiger partial charge in [-0.2, -0.15) is 0 Å². The second-order valence-electron chi connectivity index (χ2n) is 7.76. The van der Waals surface area contributed by atoms with Crippen molar-refractivity contribution < 1.29 is 31.5 Å². The average Bonchev–Trinajstić information content (AvgIpc) is 2.79. The summed E-state index contributed by atoms with van der Waals surface area (Å²) < 4.78 is 58.0. The molecule has 0 aliphatic carbocycles. The van der Waals surface area contributed by atoms with E-state index in [0.717, 1.165) is 35.7 Å². The zero-order chi connectivity index (χ0) is 24.2. The van der Waals surface area contributed by atoms with E-state index in [0.29, 0.717) is 24.8 Å². The van der Waals surface area contributed by atoms with E-state index in [1.54, 1.807) is 6.07 Å². The maximum Gasteiger partial charge on any atom is 0.340 e. The second kappa shape index (κ2) is 10.3. The van der Waals surface area contributed by atoms with Crippen molar-refractivity contribution in [1.82, 2.24) is 4.31 Å². The average molecular weight is 482 g/mol. The standard InChI is InChI=1S/C22H25F2N3O5S/c1-26(2)33(30,31)16-7-9-20(27-10-4-3-5-11-27)17(13-16)22(29)32-14-21(28)25-19-8-6-15(23)12-18(19)24/h6-9,12-13H,3-5,10-11,14H2,1-2H3,(H,25,28). The van der Waals surface area contributed by atoms with Gasteiger partial charge in [0.15, 0.2) is 6.61 Å². The Labute approximate surface area is 191 Å². The minimum absolute atomic E-state index is 0.0144. The van der Waals surface area contributed by atoms with Crippen LogP contribution in [0, 0.1) is 11.6 Å². The molecule has 1 aliphatic rings. The first-order valence-corrected chi connectivity index (χ1v) is 11.8. The fourth-order valence-corrected chi connectivity index (χ4v) is 4.37. The van der Waals surface area contributed by atoms with Crippen LogP contribution in [0.5, 0.6) is 0 Å². The quantitative estimate of drug-likeness (QED) is 0.611. The fourth-order valence-electron chi connectivity index (χ4n) is 3.45. The summed E-state index contributed by atoms with van der Waals surface area (Å²) in [6.45, 7) is 0.661. The molecule has 0 bridgehead atoms. The van der Waals surface area contributed by atoms with E-state index in [2.05, 4.69) is 5.32 Å². The third kappa shape index (κ3) is 5.85. The number of halogens is 2. The molecule has 1 fully saturated rings. The summed E-state index contributed by atoms with van der Waals surface area (Å²) in [5.74, 6) is -3.48. The molecule has 0 atom stereocenters. The number of ether oxygens (including phenoxy) is 1. The number of nitrogens with zero attached hydrogens (tertiary/aromatic N) is 2. The monoisotopic (exact) mass is 481 g/mol. The molecule has 0 spiro atoms. The highest BCUT2D eigenvalue weighted by Crippen LogP contribution is 2.28. The maximum absolute atomic E-state index is 13.7. The minimum Gasteiger partial charge on any atom is -0.452 e. The Balaban J connectivity index is 1.81. The van der Waals surface area contributed by atoms with Crippen molar-refractivity contribution in [1.29, 1.82) is 0 Å². The van der Waals surface area contributed by atoms with E-state index in [4.69, 9.17) is 4.74 Å². The van der Waals surface area contributed by atoms with Gasteiger partial charge >= 0.3 is 5.97 Å². The number of benzene rings is 2. The number of amides is 1. The predicted octanol–water partition coefficient (Wildman–Crippen LogP) is 3.00. The van der Waals surface area contributed by atoms with Crippen LogP contribution in [0.4, 0.5) is 20.2 Å². The zero-order valence-electron chi connectivity index (χ0n) is 18.3. The van der Waals surface area contributed by atoms with Crippen molar-refractivity contribution in [2.75, 3.05) is 44.0 Å². The zero-order valence-corrected chi connectivity index (χ0v) is 19.1. The molecule has 3 rings (SSSR count). The SMILES string of the molecule is CN(C)S(=O)(=O)c1ccc(N2CCCCC2)c(C(=O)OCC(=O)Nc2ccc(F)cc2F)c1. The van der Waals surface area contributed by atoms with Gasteiger partial charge in [-0.05, 0) is 49.6 Å². The number of anilines is 2. The molecule has 1 saturated heterocycles. The van der Waals surface area contributed by atoms with E-state index in [1.807, 2.05) is 4.90 Å². The molecule has 1 amide bonds. The number of sulfonamides is 1. The minimum atomic E-state index is -3.81. The van der Waals surface area contributed by atoms with Gasteiger partial charge in [-0.3, -0.25) is 4.79 Å². The lowest BCUT2D eigenvalue weighted by molar-refractivity contribution is -0.119. The lowest BCUT2D eigenvalue weighted by atomic mass is 10.1. The number of hydrogen-bond acceptors (Lipinski definition) is 6. The van der Waals surface area contributed by atoms with E-state index in [9.17, 15) is 26.8 Å². The molecule has 1 N–H and O–H groups in total. The molecule has 8 nitrogen and oxygen atoms in total. The molecule has 1 heterocycles. The van der Waals surface area contributed by atoms with Crippen molar-refractivity contribution in [2.45, 2.75) is 24.2 Å². The molecular weight excluding hydrogens is 456 g/mol. The van der Waals surface area contributed by atoms with Gasteiger partial charge in [-0.1, -0.05) is 0 Å². The summed E-state index contributed by atoms with van der Waals surface area (Å²) in [4.78, 5) is 26.9. The van der Waals surface area contributed by atoms with Crippen molar-refractivity contribution in [2.24, 2.45) is 0 Å². The fraction of sp³-hybridized carbons (Fsp3) is 0.364. The van der Waals surface area contributed by atoms with Gasteiger partial charge in [0, 0.05) is 33.3 Å². The molecule has 11 heteroatoms. The first kappa shape index (κ1) is 24.6. The number of esters is 1. The summed E-state index contributed by atoms with van der Waals surface area (Å²) in [7, 11) is -1.05. The third-order valence-electron chi connectivity index (χ3n) is 5.20. The molecule has 0 radical (unpaired) electrons. The first-order valence-electron chi connectivity index (χ1n) is 10.3. The molecule has 2 aromatic carbocycles. The van der Waals surface area contributed by atoms with Gasteiger partial charge in [-0.25, -0.2) is 26.3 Å². The first-order chi connectivity index (χ1) is 15.6. The normalized spacial score (nSPS) is 14.3. The number of piperidine rings is 1. The smallest absolute Gasteiger partial charge is 0.340 e. The highest BCUT2D eigenvalue weighted by atomic mass is 32.2. The van der Waals surface area contributed by atoms with Crippen LogP contribution in [-0.2, 0) is 19.6 Å².